The van der Waals surface area contributed by atoms with Gasteiger partial charge in [0.05, 0.1) is 7.11 Å². The number of hydrogen-bond donors (Lipinski definition) is 1. The average molecular weight is 401 g/mol. The van der Waals surface area contributed by atoms with E-state index >= 15 is 0 Å². The molecule has 3 aromatic rings. The smallest absolute Gasteiger partial charge is 0.262 e. The Morgan fingerprint density at radius 1 is 1.11 bits per heavy atom. The van der Waals surface area contributed by atoms with E-state index in [0.717, 1.165) is 26.4 Å². The van der Waals surface area contributed by atoms with E-state index in [2.05, 4.69) is 17.2 Å². The standard InChI is InChI=1S/C20H20N2O3S2/c1-3-26-20-22-18(14-9-5-4-6-10-14)19(27-20)21-17(23)13-25-16-12-8-7-11-15(16)24-2/h4-12H,3,13H2,1-2H3,(H,21,23). The highest BCUT2D eigenvalue weighted by Crippen LogP contribution is 2.37. The van der Waals surface area contributed by atoms with Gasteiger partial charge in [-0.05, 0) is 17.9 Å². The molecule has 3 rings (SSSR count). The minimum absolute atomic E-state index is 0.108. The topological polar surface area (TPSA) is 60.5 Å². The number of para-hydroxylation sites is 2. The van der Waals surface area contributed by atoms with Crippen molar-refractivity contribution in [3.8, 4) is 22.8 Å². The predicted molar refractivity (Wildman–Crippen MR) is 111 cm³/mol. The van der Waals surface area contributed by atoms with Gasteiger partial charge < -0.3 is 14.8 Å². The summed E-state index contributed by atoms with van der Waals surface area (Å²) in [5, 5.41) is 3.66. The predicted octanol–water partition coefficient (Wildman–Crippen LogP) is 4.95. The summed E-state index contributed by atoms with van der Waals surface area (Å²) in [4.78, 5) is 17.1. The van der Waals surface area contributed by atoms with Gasteiger partial charge in [-0.1, -0.05) is 72.5 Å². The fourth-order valence-corrected chi connectivity index (χ4v) is 4.38. The number of rotatable bonds is 8. The molecular weight excluding hydrogens is 380 g/mol. The summed E-state index contributed by atoms with van der Waals surface area (Å²) < 4.78 is 11.8. The zero-order valence-corrected chi connectivity index (χ0v) is 16.7. The first-order valence-corrected chi connectivity index (χ1v) is 10.3. The van der Waals surface area contributed by atoms with Crippen LogP contribution in [0.3, 0.4) is 0 Å². The molecular formula is C20H20N2O3S2. The highest BCUT2D eigenvalue weighted by Gasteiger charge is 2.16. The number of benzene rings is 2. The van der Waals surface area contributed by atoms with Crippen molar-refractivity contribution in [1.82, 2.24) is 4.98 Å². The first-order chi connectivity index (χ1) is 13.2. The minimum atomic E-state index is -0.241. The van der Waals surface area contributed by atoms with Gasteiger partial charge in [0, 0.05) is 5.56 Å². The normalized spacial score (nSPS) is 10.4. The van der Waals surface area contributed by atoms with Crippen molar-refractivity contribution in [1.29, 1.82) is 0 Å². The Labute approximate surface area is 166 Å². The van der Waals surface area contributed by atoms with Crippen molar-refractivity contribution in [3.63, 3.8) is 0 Å². The zero-order valence-electron chi connectivity index (χ0n) is 15.1. The van der Waals surface area contributed by atoms with E-state index in [-0.39, 0.29) is 12.5 Å². The molecule has 140 valence electrons. The second-order valence-corrected chi connectivity index (χ2v) is 7.95. The van der Waals surface area contributed by atoms with E-state index < -0.39 is 0 Å². The van der Waals surface area contributed by atoms with E-state index in [1.807, 2.05) is 42.5 Å². The minimum Gasteiger partial charge on any atom is -0.493 e. The number of methoxy groups -OCH3 is 1. The summed E-state index contributed by atoms with van der Waals surface area (Å²) >= 11 is 3.13. The van der Waals surface area contributed by atoms with E-state index in [1.54, 1.807) is 31.0 Å². The van der Waals surface area contributed by atoms with Crippen LogP contribution < -0.4 is 14.8 Å². The molecule has 0 fully saturated rings. The lowest BCUT2D eigenvalue weighted by Crippen LogP contribution is -2.20. The average Bonchev–Trinajstić information content (AvgIpc) is 3.09. The van der Waals surface area contributed by atoms with E-state index in [9.17, 15) is 4.79 Å². The van der Waals surface area contributed by atoms with Crippen molar-refractivity contribution in [2.45, 2.75) is 11.3 Å². The fourth-order valence-electron chi connectivity index (χ4n) is 2.41. The van der Waals surface area contributed by atoms with Gasteiger partial charge in [-0.2, -0.15) is 0 Å². The van der Waals surface area contributed by atoms with E-state index in [4.69, 9.17) is 9.47 Å². The fraction of sp³-hybridized carbons (Fsp3) is 0.200. The van der Waals surface area contributed by atoms with Crippen molar-refractivity contribution >= 4 is 34.0 Å². The molecule has 7 heteroatoms. The van der Waals surface area contributed by atoms with Gasteiger partial charge in [0.15, 0.2) is 22.4 Å². The third-order valence-corrected chi connectivity index (χ3v) is 5.60. The molecule has 1 amide bonds. The molecule has 0 aliphatic heterocycles. The van der Waals surface area contributed by atoms with Gasteiger partial charge in [-0.15, -0.1) is 0 Å². The lowest BCUT2D eigenvalue weighted by Gasteiger charge is -2.10. The van der Waals surface area contributed by atoms with E-state index in [1.165, 1.54) is 11.3 Å². The Balaban J connectivity index is 1.73. The molecule has 0 saturated carbocycles. The van der Waals surface area contributed by atoms with Gasteiger partial charge in [0.1, 0.15) is 10.7 Å². The molecule has 5 nitrogen and oxygen atoms in total. The number of ether oxygens (including phenoxy) is 2. The third-order valence-electron chi connectivity index (χ3n) is 3.60. The van der Waals surface area contributed by atoms with Crippen molar-refractivity contribution in [2.75, 3.05) is 24.8 Å². The molecule has 0 aliphatic carbocycles. The highest BCUT2D eigenvalue weighted by atomic mass is 32.2. The highest BCUT2D eigenvalue weighted by molar-refractivity contribution is 8.01. The molecule has 1 N–H and O–H groups in total. The summed E-state index contributed by atoms with van der Waals surface area (Å²) in [5.74, 6) is 1.81. The van der Waals surface area contributed by atoms with Crippen molar-refractivity contribution in [3.05, 3.63) is 54.6 Å². The van der Waals surface area contributed by atoms with Crippen LogP contribution in [0.5, 0.6) is 11.5 Å². The number of aromatic nitrogens is 1. The molecule has 1 aromatic heterocycles. The quantitative estimate of drug-likeness (QED) is 0.542. The maximum Gasteiger partial charge on any atom is 0.262 e. The molecule has 27 heavy (non-hydrogen) atoms. The number of amides is 1. The van der Waals surface area contributed by atoms with Gasteiger partial charge in [0.2, 0.25) is 0 Å². The van der Waals surface area contributed by atoms with Crippen molar-refractivity contribution < 1.29 is 14.3 Å². The number of hydrogen-bond acceptors (Lipinski definition) is 6. The molecule has 0 unspecified atom stereocenters. The van der Waals surface area contributed by atoms with Gasteiger partial charge in [-0.25, -0.2) is 4.98 Å². The maximum atomic E-state index is 12.4. The number of anilines is 1. The van der Waals surface area contributed by atoms with Crippen LogP contribution in [0.25, 0.3) is 11.3 Å². The largest absolute Gasteiger partial charge is 0.493 e. The van der Waals surface area contributed by atoms with Crippen LogP contribution in [0.4, 0.5) is 5.00 Å². The number of thioether (sulfide) groups is 1. The van der Waals surface area contributed by atoms with Gasteiger partial charge in [-0.3, -0.25) is 4.79 Å². The second kappa shape index (κ2) is 9.43. The first-order valence-electron chi connectivity index (χ1n) is 8.46. The third kappa shape index (κ3) is 5.02. The van der Waals surface area contributed by atoms with Crippen LogP contribution in [0, 0.1) is 0 Å². The van der Waals surface area contributed by atoms with Crippen LogP contribution in [-0.4, -0.2) is 30.4 Å². The summed E-state index contributed by atoms with van der Waals surface area (Å²) in [5.41, 5.74) is 1.75. The van der Waals surface area contributed by atoms with Gasteiger partial charge >= 0.3 is 0 Å². The maximum absolute atomic E-state index is 12.4. The van der Waals surface area contributed by atoms with Crippen LogP contribution in [-0.2, 0) is 4.79 Å². The molecule has 2 aromatic carbocycles. The molecule has 0 saturated heterocycles. The molecule has 0 spiro atoms. The van der Waals surface area contributed by atoms with Gasteiger partial charge in [0.25, 0.3) is 5.91 Å². The van der Waals surface area contributed by atoms with Crippen molar-refractivity contribution in [2.24, 2.45) is 0 Å². The Hall–Kier alpha value is -2.51. The SMILES string of the molecule is CCSc1nc(-c2ccccc2)c(NC(=O)COc2ccccc2OC)s1. The summed E-state index contributed by atoms with van der Waals surface area (Å²) in [6.07, 6.45) is 0. The molecule has 1 heterocycles. The monoisotopic (exact) mass is 400 g/mol. The second-order valence-electron chi connectivity index (χ2n) is 5.44. The summed E-state index contributed by atoms with van der Waals surface area (Å²) in [7, 11) is 1.57. The van der Waals surface area contributed by atoms with Crippen LogP contribution >= 0.6 is 23.1 Å². The van der Waals surface area contributed by atoms with Crippen LogP contribution in [0.1, 0.15) is 6.92 Å². The van der Waals surface area contributed by atoms with Crippen LogP contribution in [0.15, 0.2) is 58.9 Å². The Morgan fingerprint density at radius 2 is 1.81 bits per heavy atom. The lowest BCUT2D eigenvalue weighted by molar-refractivity contribution is -0.118. The molecule has 0 aliphatic rings. The number of carbonyl (C=O) groups excluding carboxylic acids is 1. The lowest BCUT2D eigenvalue weighted by atomic mass is 10.2. The number of nitrogens with one attached hydrogen (secondary N) is 1. The molecule has 0 radical (unpaired) electrons. The Morgan fingerprint density at radius 3 is 2.52 bits per heavy atom. The zero-order chi connectivity index (χ0) is 19.1. The Bertz CT molecular complexity index is 897. The summed E-state index contributed by atoms with van der Waals surface area (Å²) in [6.45, 7) is 1.97. The van der Waals surface area contributed by atoms with Crippen LogP contribution in [0.2, 0.25) is 0 Å². The molecule has 0 bridgehead atoms. The number of nitrogens with zero attached hydrogens (tertiary/aromatic N) is 1. The number of thiazole rings is 1. The number of carbonyl (C=O) groups is 1. The first kappa shape index (κ1) is 19.3. The Kier molecular flexibility index (Phi) is 6.73. The van der Waals surface area contributed by atoms with E-state index in [0.29, 0.717) is 11.5 Å². The summed E-state index contributed by atoms with van der Waals surface area (Å²) in [6, 6.07) is 17.1. The molecule has 0 atom stereocenters.